The van der Waals surface area contributed by atoms with Crippen molar-refractivity contribution in [2.24, 2.45) is 0 Å². The van der Waals surface area contributed by atoms with Crippen LogP contribution in [0.5, 0.6) is 0 Å². The second-order valence-corrected chi connectivity index (χ2v) is 6.66. The number of nitriles is 1. The number of hydrogen-bond donors (Lipinski definition) is 0. The summed E-state index contributed by atoms with van der Waals surface area (Å²) >= 11 is 0. The first-order chi connectivity index (χ1) is 14.0. The van der Waals surface area contributed by atoms with Crippen molar-refractivity contribution < 1.29 is 13.9 Å². The Labute approximate surface area is 169 Å². The van der Waals surface area contributed by atoms with Gasteiger partial charge in [0.2, 0.25) is 0 Å². The standard InChI is InChI=1S/C24H21FN2O2/c1-17(24(28)29-2)27(22-13-11-21(25)12-14-22)16-18-7-9-19(10-8-18)23-6-4-3-5-20(23)15-26/h3-14,17H,16H2,1-2H3. The number of methoxy groups -OCH3 is 1. The third kappa shape index (κ3) is 4.61. The molecule has 0 aromatic heterocycles. The molecular formula is C24H21FN2O2. The lowest BCUT2D eigenvalue weighted by molar-refractivity contribution is -0.141. The van der Waals surface area contributed by atoms with Crippen LogP contribution in [-0.4, -0.2) is 19.1 Å². The number of hydrogen-bond acceptors (Lipinski definition) is 4. The van der Waals surface area contributed by atoms with E-state index in [4.69, 9.17) is 4.74 Å². The van der Waals surface area contributed by atoms with Crippen LogP contribution in [0, 0.1) is 17.1 Å². The second-order valence-electron chi connectivity index (χ2n) is 6.66. The topological polar surface area (TPSA) is 53.3 Å². The number of anilines is 1. The van der Waals surface area contributed by atoms with E-state index in [1.807, 2.05) is 47.4 Å². The van der Waals surface area contributed by atoms with Crippen molar-refractivity contribution in [3.8, 4) is 17.2 Å². The van der Waals surface area contributed by atoms with Crippen LogP contribution in [0.1, 0.15) is 18.1 Å². The Morgan fingerprint density at radius 1 is 1.07 bits per heavy atom. The molecular weight excluding hydrogens is 367 g/mol. The molecule has 0 aliphatic rings. The van der Waals surface area contributed by atoms with Gasteiger partial charge in [-0.25, -0.2) is 9.18 Å². The van der Waals surface area contributed by atoms with Crippen LogP contribution in [0.25, 0.3) is 11.1 Å². The van der Waals surface area contributed by atoms with E-state index in [1.54, 1.807) is 25.1 Å². The maximum Gasteiger partial charge on any atom is 0.328 e. The highest BCUT2D eigenvalue weighted by atomic mass is 19.1. The van der Waals surface area contributed by atoms with Crippen molar-refractivity contribution in [3.05, 3.63) is 89.7 Å². The number of halogens is 1. The average Bonchev–Trinajstić information content (AvgIpc) is 2.77. The van der Waals surface area contributed by atoms with Gasteiger partial charge in [0, 0.05) is 12.2 Å². The van der Waals surface area contributed by atoms with E-state index in [9.17, 15) is 14.4 Å². The summed E-state index contributed by atoms with van der Waals surface area (Å²) in [7, 11) is 1.35. The molecule has 0 amide bonds. The number of benzene rings is 3. The molecule has 0 heterocycles. The van der Waals surface area contributed by atoms with E-state index in [0.717, 1.165) is 22.4 Å². The first-order valence-corrected chi connectivity index (χ1v) is 9.22. The minimum atomic E-state index is -0.538. The van der Waals surface area contributed by atoms with E-state index in [-0.39, 0.29) is 11.8 Å². The number of rotatable bonds is 6. The Hall–Kier alpha value is -3.65. The molecule has 0 radical (unpaired) electrons. The number of carbonyl (C=O) groups excluding carboxylic acids is 1. The van der Waals surface area contributed by atoms with Gasteiger partial charge in [0.15, 0.2) is 0 Å². The number of carbonyl (C=O) groups is 1. The zero-order valence-corrected chi connectivity index (χ0v) is 16.3. The van der Waals surface area contributed by atoms with Crippen LogP contribution >= 0.6 is 0 Å². The van der Waals surface area contributed by atoms with Crippen molar-refractivity contribution in [3.63, 3.8) is 0 Å². The van der Waals surface area contributed by atoms with E-state index in [0.29, 0.717) is 12.1 Å². The SMILES string of the molecule is COC(=O)C(C)N(Cc1ccc(-c2ccccc2C#N)cc1)c1ccc(F)cc1. The molecule has 5 heteroatoms. The van der Waals surface area contributed by atoms with Crippen LogP contribution in [0.3, 0.4) is 0 Å². The van der Waals surface area contributed by atoms with Gasteiger partial charge in [-0.15, -0.1) is 0 Å². The third-order valence-corrected chi connectivity index (χ3v) is 4.83. The predicted octanol–water partition coefficient (Wildman–Crippen LogP) is 4.93. The monoisotopic (exact) mass is 388 g/mol. The Kier molecular flexibility index (Phi) is 6.25. The molecule has 0 N–H and O–H groups in total. The van der Waals surface area contributed by atoms with Gasteiger partial charge in [-0.05, 0) is 53.9 Å². The highest BCUT2D eigenvalue weighted by molar-refractivity contribution is 5.79. The van der Waals surface area contributed by atoms with E-state index in [2.05, 4.69) is 6.07 Å². The van der Waals surface area contributed by atoms with Gasteiger partial charge in [-0.3, -0.25) is 0 Å². The zero-order valence-electron chi connectivity index (χ0n) is 16.3. The van der Waals surface area contributed by atoms with E-state index < -0.39 is 6.04 Å². The molecule has 3 aromatic carbocycles. The Bertz CT molecular complexity index is 1020. The van der Waals surface area contributed by atoms with Crippen LogP contribution < -0.4 is 4.90 Å². The van der Waals surface area contributed by atoms with Crippen LogP contribution in [0.2, 0.25) is 0 Å². The second kappa shape index (κ2) is 9.03. The fourth-order valence-corrected chi connectivity index (χ4v) is 3.20. The maximum absolute atomic E-state index is 13.3. The molecule has 29 heavy (non-hydrogen) atoms. The lowest BCUT2D eigenvalue weighted by Gasteiger charge is -2.29. The summed E-state index contributed by atoms with van der Waals surface area (Å²) < 4.78 is 18.2. The first-order valence-electron chi connectivity index (χ1n) is 9.22. The molecule has 0 aliphatic carbocycles. The van der Waals surface area contributed by atoms with Gasteiger partial charge in [0.25, 0.3) is 0 Å². The molecule has 0 bridgehead atoms. The minimum Gasteiger partial charge on any atom is -0.467 e. The quantitative estimate of drug-likeness (QED) is 0.562. The van der Waals surface area contributed by atoms with Crippen LogP contribution in [0.4, 0.5) is 10.1 Å². The summed E-state index contributed by atoms with van der Waals surface area (Å²) in [6.07, 6.45) is 0. The Morgan fingerprint density at radius 3 is 2.34 bits per heavy atom. The predicted molar refractivity (Wildman–Crippen MR) is 111 cm³/mol. The summed E-state index contributed by atoms with van der Waals surface area (Å²) in [6.45, 7) is 2.20. The van der Waals surface area contributed by atoms with Crippen molar-refractivity contribution in [1.29, 1.82) is 5.26 Å². The van der Waals surface area contributed by atoms with Crippen molar-refractivity contribution in [2.45, 2.75) is 19.5 Å². The van der Waals surface area contributed by atoms with Gasteiger partial charge < -0.3 is 9.64 Å². The number of nitrogens with zero attached hydrogens (tertiary/aromatic N) is 2. The summed E-state index contributed by atoms with van der Waals surface area (Å²) in [4.78, 5) is 14.0. The molecule has 1 atom stereocenters. The van der Waals surface area contributed by atoms with Crippen molar-refractivity contribution in [1.82, 2.24) is 0 Å². The molecule has 4 nitrogen and oxygen atoms in total. The lowest BCUT2D eigenvalue weighted by Crippen LogP contribution is -2.39. The lowest BCUT2D eigenvalue weighted by atomic mass is 9.99. The summed E-state index contributed by atoms with van der Waals surface area (Å²) in [5.41, 5.74) is 4.14. The van der Waals surface area contributed by atoms with Gasteiger partial charge in [0.1, 0.15) is 11.9 Å². The van der Waals surface area contributed by atoms with Crippen molar-refractivity contribution >= 4 is 11.7 Å². The molecule has 0 aliphatic heterocycles. The van der Waals surface area contributed by atoms with Crippen LogP contribution in [-0.2, 0) is 16.1 Å². The Balaban J connectivity index is 1.88. The number of ether oxygens (including phenoxy) is 1. The van der Waals surface area contributed by atoms with E-state index >= 15 is 0 Å². The van der Waals surface area contributed by atoms with Gasteiger partial charge in [-0.1, -0.05) is 42.5 Å². The smallest absolute Gasteiger partial charge is 0.328 e. The third-order valence-electron chi connectivity index (χ3n) is 4.83. The fraction of sp³-hybridized carbons (Fsp3) is 0.167. The molecule has 0 saturated carbocycles. The molecule has 0 spiro atoms. The summed E-state index contributed by atoms with van der Waals surface area (Å²) in [6, 6.07) is 23.0. The summed E-state index contributed by atoms with van der Waals surface area (Å²) in [5, 5.41) is 9.31. The molecule has 3 rings (SSSR count). The van der Waals surface area contributed by atoms with Crippen LogP contribution in [0.15, 0.2) is 72.8 Å². The fourth-order valence-electron chi connectivity index (χ4n) is 3.20. The highest BCUT2D eigenvalue weighted by Gasteiger charge is 2.22. The Morgan fingerprint density at radius 2 is 1.72 bits per heavy atom. The molecule has 1 unspecified atom stereocenters. The van der Waals surface area contributed by atoms with E-state index in [1.165, 1.54) is 19.2 Å². The molecule has 146 valence electrons. The minimum absolute atomic E-state index is 0.333. The zero-order chi connectivity index (χ0) is 20.8. The largest absolute Gasteiger partial charge is 0.467 e. The molecule has 0 saturated heterocycles. The first kappa shape index (κ1) is 20.1. The highest BCUT2D eigenvalue weighted by Crippen LogP contribution is 2.26. The average molecular weight is 388 g/mol. The van der Waals surface area contributed by atoms with Gasteiger partial charge in [-0.2, -0.15) is 5.26 Å². The molecule has 3 aromatic rings. The summed E-state index contributed by atoms with van der Waals surface area (Å²) in [5.74, 6) is -0.700. The normalized spacial score (nSPS) is 11.4. The van der Waals surface area contributed by atoms with Gasteiger partial charge >= 0.3 is 5.97 Å². The number of esters is 1. The van der Waals surface area contributed by atoms with Crippen molar-refractivity contribution in [2.75, 3.05) is 12.0 Å². The maximum atomic E-state index is 13.3. The molecule has 0 fully saturated rings. The van der Waals surface area contributed by atoms with Gasteiger partial charge in [0.05, 0.1) is 18.7 Å².